The zero-order chi connectivity index (χ0) is 23.8. The van der Waals surface area contributed by atoms with Crippen LogP contribution in [0.15, 0.2) is 54.7 Å². The first-order valence-electron chi connectivity index (χ1n) is 11.4. The Balaban J connectivity index is 1.47. The fraction of sp³-hybridized carbons (Fsp3) is 0.269. The first kappa shape index (κ1) is 21.8. The molecule has 0 saturated heterocycles. The maximum Gasteiger partial charge on any atom is 0.260 e. The smallest absolute Gasteiger partial charge is 0.260 e. The molecule has 5 rings (SSSR count). The van der Waals surface area contributed by atoms with Crippen LogP contribution in [0.3, 0.4) is 0 Å². The average Bonchev–Trinajstić information content (AvgIpc) is 3.68. The quantitative estimate of drug-likeness (QED) is 0.568. The second kappa shape index (κ2) is 8.70. The molecular formula is C26H27N5O3. The summed E-state index contributed by atoms with van der Waals surface area (Å²) in [4.78, 5) is 33.6. The number of nitrogens with one attached hydrogen (secondary N) is 2. The average molecular weight is 458 g/mol. The topological polar surface area (TPSA) is 86.8 Å². The van der Waals surface area contributed by atoms with Crippen molar-refractivity contribution in [1.29, 1.82) is 0 Å². The van der Waals surface area contributed by atoms with Crippen LogP contribution >= 0.6 is 0 Å². The molecule has 1 fully saturated rings. The van der Waals surface area contributed by atoms with Crippen molar-refractivity contribution in [2.75, 3.05) is 35.8 Å². The SMILES string of the molecule is CCOc1cc(C(=O)NC2CC2)ccc1Nc1cc2c(cn1)N(C)C(=O)c1ccccc1N2C. The molecular weight excluding hydrogens is 430 g/mol. The minimum absolute atomic E-state index is 0.0811. The van der Waals surface area contributed by atoms with Gasteiger partial charge >= 0.3 is 0 Å². The molecule has 34 heavy (non-hydrogen) atoms. The molecule has 0 atom stereocenters. The molecule has 1 saturated carbocycles. The first-order valence-corrected chi connectivity index (χ1v) is 11.4. The fourth-order valence-electron chi connectivity index (χ4n) is 4.08. The summed E-state index contributed by atoms with van der Waals surface area (Å²) >= 11 is 0. The second-order valence-corrected chi connectivity index (χ2v) is 8.52. The third-order valence-electron chi connectivity index (χ3n) is 6.10. The molecule has 2 amide bonds. The molecule has 1 aromatic heterocycles. The highest BCUT2D eigenvalue weighted by Crippen LogP contribution is 2.40. The van der Waals surface area contributed by atoms with Crippen molar-refractivity contribution in [2.45, 2.75) is 25.8 Å². The summed E-state index contributed by atoms with van der Waals surface area (Å²) in [6, 6.07) is 15.1. The number of pyridine rings is 1. The monoisotopic (exact) mass is 457 g/mol. The van der Waals surface area contributed by atoms with E-state index in [9.17, 15) is 9.59 Å². The Hall–Kier alpha value is -4.07. The van der Waals surface area contributed by atoms with Crippen molar-refractivity contribution < 1.29 is 14.3 Å². The number of carbonyl (C=O) groups is 2. The van der Waals surface area contributed by atoms with Crippen LogP contribution in [0.1, 0.15) is 40.5 Å². The lowest BCUT2D eigenvalue weighted by Gasteiger charge is -2.23. The zero-order valence-corrected chi connectivity index (χ0v) is 19.5. The Bertz CT molecular complexity index is 1270. The summed E-state index contributed by atoms with van der Waals surface area (Å²) < 4.78 is 5.82. The van der Waals surface area contributed by atoms with Gasteiger partial charge in [-0.05, 0) is 50.1 Å². The number of carbonyl (C=O) groups excluding carboxylic acids is 2. The number of ether oxygens (including phenoxy) is 1. The molecule has 8 heteroatoms. The van der Waals surface area contributed by atoms with Crippen LogP contribution in [0.4, 0.5) is 28.6 Å². The first-order chi connectivity index (χ1) is 16.5. The van der Waals surface area contributed by atoms with Gasteiger partial charge in [-0.25, -0.2) is 4.98 Å². The molecule has 1 aliphatic carbocycles. The largest absolute Gasteiger partial charge is 0.492 e. The summed E-state index contributed by atoms with van der Waals surface area (Å²) in [5.74, 6) is 1.00. The Labute approximate surface area is 198 Å². The second-order valence-electron chi connectivity index (χ2n) is 8.52. The highest BCUT2D eigenvalue weighted by Gasteiger charge is 2.28. The van der Waals surface area contributed by atoms with E-state index in [2.05, 4.69) is 15.6 Å². The van der Waals surface area contributed by atoms with Crippen LogP contribution in [0.5, 0.6) is 5.75 Å². The van der Waals surface area contributed by atoms with Gasteiger partial charge in [0.2, 0.25) is 0 Å². The third-order valence-corrected chi connectivity index (χ3v) is 6.10. The van der Waals surface area contributed by atoms with Gasteiger partial charge in [-0.3, -0.25) is 9.59 Å². The molecule has 0 radical (unpaired) electrons. The van der Waals surface area contributed by atoms with E-state index in [-0.39, 0.29) is 17.9 Å². The maximum absolute atomic E-state index is 13.0. The highest BCUT2D eigenvalue weighted by molar-refractivity contribution is 6.13. The van der Waals surface area contributed by atoms with Gasteiger partial charge in [-0.2, -0.15) is 0 Å². The van der Waals surface area contributed by atoms with Crippen molar-refractivity contribution >= 4 is 40.4 Å². The van der Waals surface area contributed by atoms with E-state index >= 15 is 0 Å². The summed E-state index contributed by atoms with van der Waals surface area (Å²) in [5.41, 5.74) is 4.29. The Morgan fingerprint density at radius 3 is 2.62 bits per heavy atom. The molecule has 3 aromatic rings. The number of aromatic nitrogens is 1. The van der Waals surface area contributed by atoms with E-state index in [4.69, 9.17) is 4.74 Å². The Kier molecular flexibility index (Phi) is 5.57. The van der Waals surface area contributed by atoms with Gasteiger partial charge < -0.3 is 25.2 Å². The molecule has 2 aromatic carbocycles. The normalized spacial score (nSPS) is 14.7. The highest BCUT2D eigenvalue weighted by atomic mass is 16.5. The molecule has 0 unspecified atom stereocenters. The Morgan fingerprint density at radius 2 is 1.85 bits per heavy atom. The maximum atomic E-state index is 13.0. The van der Waals surface area contributed by atoms with Crippen molar-refractivity contribution in [1.82, 2.24) is 10.3 Å². The number of hydrogen-bond acceptors (Lipinski definition) is 6. The van der Waals surface area contributed by atoms with Crippen LogP contribution in [0, 0.1) is 0 Å². The van der Waals surface area contributed by atoms with Gasteiger partial charge in [0.15, 0.2) is 0 Å². The number of hydrogen-bond donors (Lipinski definition) is 2. The summed E-state index contributed by atoms with van der Waals surface area (Å²) in [5, 5.41) is 6.32. The van der Waals surface area contributed by atoms with Crippen LogP contribution in [-0.2, 0) is 0 Å². The van der Waals surface area contributed by atoms with E-state index in [1.165, 1.54) is 0 Å². The molecule has 1 aliphatic heterocycles. The van der Waals surface area contributed by atoms with Gasteiger partial charge in [0.25, 0.3) is 11.8 Å². The van der Waals surface area contributed by atoms with Crippen molar-refractivity contribution in [2.24, 2.45) is 0 Å². The molecule has 8 nitrogen and oxygen atoms in total. The third kappa shape index (κ3) is 4.03. The van der Waals surface area contributed by atoms with E-state index in [1.807, 2.05) is 55.3 Å². The van der Waals surface area contributed by atoms with E-state index in [1.54, 1.807) is 30.3 Å². The zero-order valence-electron chi connectivity index (χ0n) is 19.5. The number of benzene rings is 2. The van der Waals surface area contributed by atoms with Crippen LogP contribution in [0.2, 0.25) is 0 Å². The van der Waals surface area contributed by atoms with Gasteiger partial charge in [0.1, 0.15) is 11.6 Å². The number of anilines is 5. The van der Waals surface area contributed by atoms with Gasteiger partial charge in [-0.1, -0.05) is 12.1 Å². The van der Waals surface area contributed by atoms with Gasteiger partial charge in [0.05, 0.1) is 41.1 Å². The summed E-state index contributed by atoms with van der Waals surface area (Å²) in [6.45, 7) is 2.37. The standard InChI is InChI=1S/C26H27N5O3/c1-4-34-23-13-16(25(32)28-17-10-11-17)9-12-19(23)29-24-14-21-22(15-27-24)31(3)26(33)18-7-5-6-8-20(18)30(21)2/h5-9,12-15,17H,4,10-11H2,1-3H3,(H,27,29)(H,28,32). The molecule has 2 N–H and O–H groups in total. The van der Waals surface area contributed by atoms with Crippen molar-refractivity contribution in [3.63, 3.8) is 0 Å². The van der Waals surface area contributed by atoms with Gasteiger partial charge in [-0.15, -0.1) is 0 Å². The van der Waals surface area contributed by atoms with E-state index in [0.717, 1.165) is 24.2 Å². The van der Waals surface area contributed by atoms with E-state index < -0.39 is 0 Å². The van der Waals surface area contributed by atoms with Crippen LogP contribution in [0.25, 0.3) is 0 Å². The lowest BCUT2D eigenvalue weighted by Crippen LogP contribution is -2.25. The lowest BCUT2D eigenvalue weighted by atomic mass is 10.1. The number of para-hydroxylation sites is 1. The Morgan fingerprint density at radius 1 is 1.06 bits per heavy atom. The van der Waals surface area contributed by atoms with Gasteiger partial charge in [0, 0.05) is 31.8 Å². The van der Waals surface area contributed by atoms with Crippen molar-refractivity contribution in [3.05, 3.63) is 65.9 Å². The minimum Gasteiger partial charge on any atom is -0.492 e. The number of nitrogens with zero attached hydrogens (tertiary/aromatic N) is 3. The molecule has 2 heterocycles. The van der Waals surface area contributed by atoms with Crippen LogP contribution in [-0.4, -0.2) is 43.5 Å². The molecule has 2 aliphatic rings. The molecule has 174 valence electrons. The lowest BCUT2D eigenvalue weighted by molar-refractivity contribution is 0.0949. The predicted octanol–water partition coefficient (Wildman–Crippen LogP) is 4.47. The predicted molar refractivity (Wildman–Crippen MR) is 133 cm³/mol. The summed E-state index contributed by atoms with van der Waals surface area (Å²) in [6.07, 6.45) is 3.76. The molecule has 0 bridgehead atoms. The number of amides is 2. The number of rotatable bonds is 6. The van der Waals surface area contributed by atoms with Crippen molar-refractivity contribution in [3.8, 4) is 5.75 Å². The van der Waals surface area contributed by atoms with Crippen LogP contribution < -0.4 is 25.2 Å². The summed E-state index contributed by atoms with van der Waals surface area (Å²) in [7, 11) is 3.69. The van der Waals surface area contributed by atoms with E-state index in [0.29, 0.717) is 40.7 Å². The minimum atomic E-state index is -0.0915. The molecule has 0 spiro atoms. The number of fused-ring (bicyclic) bond motifs is 2. The fourth-order valence-corrected chi connectivity index (χ4v) is 4.08.